The normalized spacial score (nSPS) is 14.8. The summed E-state index contributed by atoms with van der Waals surface area (Å²) in [5, 5.41) is 13.0. The third-order valence-electron chi connectivity index (χ3n) is 5.56. The number of rotatable bonds is 7. The summed E-state index contributed by atoms with van der Waals surface area (Å²) < 4.78 is 13.0. The third kappa shape index (κ3) is 4.35. The first-order valence-corrected chi connectivity index (χ1v) is 12.0. The van der Waals surface area contributed by atoms with E-state index in [9.17, 15) is 4.79 Å². The van der Waals surface area contributed by atoms with Crippen molar-refractivity contribution in [2.24, 2.45) is 0 Å². The molecule has 1 unspecified atom stereocenters. The van der Waals surface area contributed by atoms with Crippen LogP contribution < -0.4 is 20.1 Å². The number of methoxy groups -OCH3 is 1. The van der Waals surface area contributed by atoms with Gasteiger partial charge in [-0.05, 0) is 55.1 Å². The number of benzene rings is 1. The summed E-state index contributed by atoms with van der Waals surface area (Å²) in [7, 11) is 1.59. The van der Waals surface area contributed by atoms with Crippen LogP contribution in [0.25, 0.3) is 10.7 Å². The van der Waals surface area contributed by atoms with Crippen LogP contribution in [0, 0.1) is 0 Å². The molecule has 0 bridgehead atoms. The summed E-state index contributed by atoms with van der Waals surface area (Å²) in [4.78, 5) is 23.3. The molecule has 1 aliphatic rings. The van der Waals surface area contributed by atoms with E-state index in [0.717, 1.165) is 10.4 Å². The number of hydrogen-bond donors (Lipinski definition) is 2. The third-order valence-corrected chi connectivity index (χ3v) is 6.43. The quantitative estimate of drug-likeness (QED) is 0.387. The fourth-order valence-corrected chi connectivity index (χ4v) is 4.68. The van der Waals surface area contributed by atoms with Gasteiger partial charge >= 0.3 is 0 Å². The molecule has 5 rings (SSSR count). The largest absolute Gasteiger partial charge is 0.493 e. The number of pyridine rings is 1. The number of amides is 1. The lowest BCUT2D eigenvalue weighted by Gasteiger charge is -2.29. The van der Waals surface area contributed by atoms with Crippen LogP contribution in [0.1, 0.15) is 25.5 Å². The van der Waals surface area contributed by atoms with Crippen LogP contribution in [0.4, 0.5) is 11.6 Å². The summed E-state index contributed by atoms with van der Waals surface area (Å²) in [6, 6.07) is 12.6. The molecule has 1 atom stereocenters. The van der Waals surface area contributed by atoms with E-state index >= 15 is 0 Å². The lowest BCUT2D eigenvalue weighted by Crippen LogP contribution is -2.31. The van der Waals surface area contributed by atoms with E-state index in [0.29, 0.717) is 46.8 Å². The average molecular weight is 489 g/mol. The van der Waals surface area contributed by atoms with E-state index in [1.54, 1.807) is 47.7 Å². The molecule has 35 heavy (non-hydrogen) atoms. The number of nitrogens with zero attached hydrogens (tertiary/aromatic N) is 4. The first kappa shape index (κ1) is 22.6. The first-order valence-electron chi connectivity index (χ1n) is 11.1. The standard InChI is InChI=1S/C25H24N6O3S/c1-4-34-18-10-9-16(13-19(18)33-3)22-21(24(32)28-17-7-5-11-26-14-17)15(2)27-25-29-23(30-31(22)25)20-8-6-12-35-20/h5-14,22H,4H2,1-3H3,(H,28,32)(H,27,29,30). The average Bonchev–Trinajstić information content (AvgIpc) is 3.54. The molecule has 0 fully saturated rings. The molecule has 2 N–H and O–H groups in total. The van der Waals surface area contributed by atoms with E-state index < -0.39 is 6.04 Å². The Morgan fingerprint density at radius 1 is 1.23 bits per heavy atom. The topological polar surface area (TPSA) is 103 Å². The van der Waals surface area contributed by atoms with Gasteiger partial charge in [0.05, 0.1) is 36.1 Å². The molecular formula is C25H24N6O3S. The zero-order chi connectivity index (χ0) is 24.4. The Labute approximate surface area is 206 Å². The zero-order valence-corrected chi connectivity index (χ0v) is 20.3. The summed E-state index contributed by atoms with van der Waals surface area (Å²) in [6.07, 6.45) is 3.26. The number of ether oxygens (including phenoxy) is 2. The fourth-order valence-electron chi connectivity index (χ4n) is 4.03. The summed E-state index contributed by atoms with van der Waals surface area (Å²) in [5.74, 6) is 2.09. The monoisotopic (exact) mass is 488 g/mol. The molecular weight excluding hydrogens is 464 g/mol. The van der Waals surface area contributed by atoms with E-state index in [4.69, 9.17) is 19.6 Å². The lowest BCUT2D eigenvalue weighted by molar-refractivity contribution is -0.113. The van der Waals surface area contributed by atoms with Crippen molar-refractivity contribution < 1.29 is 14.3 Å². The molecule has 3 aromatic heterocycles. The van der Waals surface area contributed by atoms with E-state index in [1.807, 2.05) is 49.6 Å². The molecule has 0 aliphatic carbocycles. The highest BCUT2D eigenvalue weighted by Crippen LogP contribution is 2.40. The van der Waals surface area contributed by atoms with Gasteiger partial charge in [0.1, 0.15) is 6.04 Å². The first-order chi connectivity index (χ1) is 17.1. The predicted molar refractivity (Wildman–Crippen MR) is 135 cm³/mol. The molecule has 0 radical (unpaired) electrons. The van der Waals surface area contributed by atoms with Crippen molar-refractivity contribution in [3.05, 3.63) is 77.1 Å². The number of allylic oxidation sites excluding steroid dienone is 1. The molecule has 0 spiro atoms. The summed E-state index contributed by atoms with van der Waals surface area (Å²) in [6.45, 7) is 4.29. The van der Waals surface area contributed by atoms with E-state index in [1.165, 1.54) is 0 Å². The van der Waals surface area contributed by atoms with Crippen LogP contribution in [-0.2, 0) is 4.79 Å². The molecule has 178 valence electrons. The van der Waals surface area contributed by atoms with Crippen molar-refractivity contribution in [3.63, 3.8) is 0 Å². The SMILES string of the molecule is CCOc1ccc(C2C(C(=O)Nc3cccnc3)=C(C)Nc3nc(-c4cccs4)nn32)cc1OC. The van der Waals surface area contributed by atoms with Crippen LogP contribution in [0.2, 0.25) is 0 Å². The van der Waals surface area contributed by atoms with Crippen molar-refractivity contribution in [2.75, 3.05) is 24.4 Å². The lowest BCUT2D eigenvalue weighted by atomic mass is 9.94. The molecule has 9 nitrogen and oxygen atoms in total. The van der Waals surface area contributed by atoms with Gasteiger partial charge < -0.3 is 20.1 Å². The molecule has 1 aliphatic heterocycles. The molecule has 4 heterocycles. The molecule has 0 saturated carbocycles. The van der Waals surface area contributed by atoms with E-state index in [-0.39, 0.29) is 5.91 Å². The Morgan fingerprint density at radius 3 is 2.83 bits per heavy atom. The summed E-state index contributed by atoms with van der Waals surface area (Å²) >= 11 is 1.56. The van der Waals surface area contributed by atoms with Crippen molar-refractivity contribution in [1.29, 1.82) is 0 Å². The Kier molecular flexibility index (Phi) is 6.19. The highest BCUT2D eigenvalue weighted by Gasteiger charge is 2.35. The number of nitrogens with one attached hydrogen (secondary N) is 2. The Balaban J connectivity index is 1.62. The van der Waals surface area contributed by atoms with Crippen LogP contribution in [0.5, 0.6) is 11.5 Å². The van der Waals surface area contributed by atoms with Crippen LogP contribution >= 0.6 is 11.3 Å². The second kappa shape index (κ2) is 9.59. The molecule has 10 heteroatoms. The Morgan fingerprint density at radius 2 is 2.11 bits per heavy atom. The summed E-state index contributed by atoms with van der Waals surface area (Å²) in [5.41, 5.74) is 2.60. The van der Waals surface area contributed by atoms with Crippen molar-refractivity contribution in [2.45, 2.75) is 19.9 Å². The van der Waals surface area contributed by atoms with Crippen molar-refractivity contribution in [3.8, 4) is 22.2 Å². The number of fused-ring (bicyclic) bond motifs is 1. The van der Waals surface area contributed by atoms with Gasteiger partial charge in [0, 0.05) is 11.9 Å². The fraction of sp³-hybridized carbons (Fsp3) is 0.200. The molecule has 0 saturated heterocycles. The Bertz CT molecular complexity index is 1380. The van der Waals surface area contributed by atoms with Crippen molar-refractivity contribution in [1.82, 2.24) is 19.7 Å². The Hall–Kier alpha value is -4.18. The molecule has 1 amide bonds. The zero-order valence-electron chi connectivity index (χ0n) is 19.5. The minimum atomic E-state index is -0.547. The van der Waals surface area contributed by atoms with Crippen LogP contribution in [0.15, 0.2) is 71.5 Å². The number of carbonyl (C=O) groups is 1. The second-order valence-corrected chi connectivity index (χ2v) is 8.73. The van der Waals surface area contributed by atoms with E-state index in [2.05, 4.69) is 15.6 Å². The number of hydrogen-bond acceptors (Lipinski definition) is 8. The van der Waals surface area contributed by atoms with Crippen molar-refractivity contribution >= 4 is 28.9 Å². The number of aromatic nitrogens is 4. The highest BCUT2D eigenvalue weighted by atomic mass is 32.1. The van der Waals surface area contributed by atoms with Gasteiger partial charge in [-0.2, -0.15) is 4.98 Å². The predicted octanol–water partition coefficient (Wildman–Crippen LogP) is 4.74. The van der Waals surface area contributed by atoms with Gasteiger partial charge in [-0.3, -0.25) is 9.78 Å². The van der Waals surface area contributed by atoms with Gasteiger partial charge in [-0.15, -0.1) is 16.4 Å². The maximum Gasteiger partial charge on any atom is 0.255 e. The van der Waals surface area contributed by atoms with Crippen LogP contribution in [0.3, 0.4) is 0 Å². The van der Waals surface area contributed by atoms with Gasteiger partial charge in [0.15, 0.2) is 17.3 Å². The maximum atomic E-state index is 13.6. The smallest absolute Gasteiger partial charge is 0.255 e. The number of anilines is 2. The molecule has 1 aromatic carbocycles. The molecule has 4 aromatic rings. The minimum absolute atomic E-state index is 0.264. The number of thiophene rings is 1. The maximum absolute atomic E-state index is 13.6. The second-order valence-electron chi connectivity index (χ2n) is 7.79. The minimum Gasteiger partial charge on any atom is -0.493 e. The van der Waals surface area contributed by atoms with Crippen LogP contribution in [-0.4, -0.2) is 39.4 Å². The van der Waals surface area contributed by atoms with Gasteiger partial charge in [0.25, 0.3) is 5.91 Å². The highest BCUT2D eigenvalue weighted by molar-refractivity contribution is 7.13. The number of carbonyl (C=O) groups excluding carboxylic acids is 1. The van der Waals surface area contributed by atoms with Gasteiger partial charge in [-0.1, -0.05) is 12.1 Å². The van der Waals surface area contributed by atoms with Gasteiger partial charge in [-0.25, -0.2) is 4.68 Å². The van der Waals surface area contributed by atoms with Gasteiger partial charge in [0.2, 0.25) is 5.95 Å².